The highest BCUT2D eigenvalue weighted by Gasteiger charge is 2.25. The first-order valence-corrected chi connectivity index (χ1v) is 8.10. The molecule has 0 spiro atoms. The highest BCUT2D eigenvalue weighted by Crippen LogP contribution is 2.18. The summed E-state index contributed by atoms with van der Waals surface area (Å²) in [6.45, 7) is 13.2. The van der Waals surface area contributed by atoms with Gasteiger partial charge in [0.1, 0.15) is 12.4 Å². The molecule has 0 saturated carbocycles. The Morgan fingerprint density at radius 1 is 1.15 bits per heavy atom. The van der Waals surface area contributed by atoms with Crippen molar-refractivity contribution >= 4 is 15.9 Å². The number of halogens is 1. The van der Waals surface area contributed by atoms with E-state index in [4.69, 9.17) is 4.74 Å². The van der Waals surface area contributed by atoms with Crippen LogP contribution in [0.2, 0.25) is 0 Å². The molecule has 0 unspecified atom stereocenters. The molecular formula is C16H25BrN2O. The zero-order valence-electron chi connectivity index (χ0n) is 12.7. The molecule has 0 bridgehead atoms. The molecule has 1 heterocycles. The maximum atomic E-state index is 5.80. The van der Waals surface area contributed by atoms with Gasteiger partial charge in [0.15, 0.2) is 0 Å². The normalized spacial score (nSPS) is 18.2. The third kappa shape index (κ3) is 4.76. The van der Waals surface area contributed by atoms with Crippen LogP contribution in [0.5, 0.6) is 5.75 Å². The van der Waals surface area contributed by atoms with E-state index in [2.05, 4.69) is 46.5 Å². The van der Waals surface area contributed by atoms with Gasteiger partial charge in [0.05, 0.1) is 0 Å². The fourth-order valence-electron chi connectivity index (χ4n) is 2.49. The predicted molar refractivity (Wildman–Crippen MR) is 87.4 cm³/mol. The van der Waals surface area contributed by atoms with Gasteiger partial charge in [0.25, 0.3) is 0 Å². The van der Waals surface area contributed by atoms with Crippen LogP contribution in [0, 0.1) is 0 Å². The van der Waals surface area contributed by atoms with Crippen LogP contribution in [0.4, 0.5) is 0 Å². The van der Waals surface area contributed by atoms with Crippen LogP contribution in [0.3, 0.4) is 0 Å². The van der Waals surface area contributed by atoms with Crippen molar-refractivity contribution in [2.45, 2.75) is 26.3 Å². The van der Waals surface area contributed by atoms with Crippen LogP contribution in [0.1, 0.15) is 20.8 Å². The Morgan fingerprint density at radius 3 is 2.45 bits per heavy atom. The molecule has 1 aliphatic heterocycles. The van der Waals surface area contributed by atoms with Crippen molar-refractivity contribution < 1.29 is 4.74 Å². The van der Waals surface area contributed by atoms with Gasteiger partial charge in [0, 0.05) is 42.7 Å². The number of ether oxygens (including phenoxy) is 1. The maximum absolute atomic E-state index is 5.80. The summed E-state index contributed by atoms with van der Waals surface area (Å²) in [6.07, 6.45) is 0. The Hall–Kier alpha value is -0.580. The van der Waals surface area contributed by atoms with Gasteiger partial charge >= 0.3 is 0 Å². The Bertz CT molecular complexity index is 423. The molecular weight excluding hydrogens is 316 g/mol. The third-order valence-electron chi connectivity index (χ3n) is 3.79. The molecule has 3 nitrogen and oxygen atoms in total. The first kappa shape index (κ1) is 15.8. The molecule has 0 aliphatic carbocycles. The number of hydrogen-bond donors (Lipinski definition) is 0. The van der Waals surface area contributed by atoms with Crippen LogP contribution in [-0.4, -0.2) is 54.7 Å². The van der Waals surface area contributed by atoms with E-state index in [1.807, 2.05) is 24.3 Å². The molecule has 1 fully saturated rings. The lowest BCUT2D eigenvalue weighted by atomic mass is 10.1. The first-order chi connectivity index (χ1) is 9.45. The molecule has 20 heavy (non-hydrogen) atoms. The summed E-state index contributed by atoms with van der Waals surface area (Å²) in [5, 5.41) is 0. The zero-order chi connectivity index (χ0) is 14.6. The molecule has 4 heteroatoms. The quantitative estimate of drug-likeness (QED) is 0.836. The number of hydrogen-bond acceptors (Lipinski definition) is 3. The smallest absolute Gasteiger partial charge is 0.120 e. The number of nitrogens with zero attached hydrogens (tertiary/aromatic N) is 2. The van der Waals surface area contributed by atoms with E-state index in [1.165, 1.54) is 0 Å². The van der Waals surface area contributed by atoms with Crippen LogP contribution in [-0.2, 0) is 0 Å². The fourth-order valence-corrected chi connectivity index (χ4v) is 2.87. The lowest BCUT2D eigenvalue weighted by molar-refractivity contribution is 0.0564. The van der Waals surface area contributed by atoms with Crippen LogP contribution >= 0.6 is 15.9 Å². The summed E-state index contributed by atoms with van der Waals surface area (Å²) in [5.74, 6) is 0.938. The average Bonchev–Trinajstić information content (AvgIpc) is 2.38. The summed E-state index contributed by atoms with van der Waals surface area (Å²) >= 11 is 3.46. The van der Waals surface area contributed by atoms with Crippen molar-refractivity contribution in [2.75, 3.05) is 39.3 Å². The van der Waals surface area contributed by atoms with Crippen molar-refractivity contribution in [3.63, 3.8) is 0 Å². The molecule has 0 radical (unpaired) electrons. The molecule has 2 rings (SSSR count). The summed E-state index contributed by atoms with van der Waals surface area (Å²) in [7, 11) is 0. The van der Waals surface area contributed by atoms with Gasteiger partial charge in [-0.25, -0.2) is 0 Å². The second-order valence-electron chi connectivity index (χ2n) is 6.31. The SMILES string of the molecule is CC(C)(C)N1CCN(CCOc2cccc(Br)c2)CC1. The molecule has 0 atom stereocenters. The van der Waals surface area contributed by atoms with Gasteiger partial charge in [-0.05, 0) is 39.0 Å². The minimum atomic E-state index is 0.291. The molecule has 0 amide bonds. The van der Waals surface area contributed by atoms with E-state index in [1.54, 1.807) is 0 Å². The van der Waals surface area contributed by atoms with Gasteiger partial charge in [-0.1, -0.05) is 22.0 Å². The van der Waals surface area contributed by atoms with Gasteiger partial charge in [0.2, 0.25) is 0 Å². The predicted octanol–water partition coefficient (Wildman–Crippen LogP) is 3.24. The average molecular weight is 341 g/mol. The van der Waals surface area contributed by atoms with Gasteiger partial charge in [-0.2, -0.15) is 0 Å². The highest BCUT2D eigenvalue weighted by molar-refractivity contribution is 9.10. The summed E-state index contributed by atoms with van der Waals surface area (Å²) in [5.41, 5.74) is 0.291. The van der Waals surface area contributed by atoms with Crippen molar-refractivity contribution in [3.8, 4) is 5.75 Å². The summed E-state index contributed by atoms with van der Waals surface area (Å²) in [6, 6.07) is 8.03. The van der Waals surface area contributed by atoms with Crippen molar-refractivity contribution in [3.05, 3.63) is 28.7 Å². The van der Waals surface area contributed by atoms with Crippen LogP contribution in [0.25, 0.3) is 0 Å². The largest absolute Gasteiger partial charge is 0.492 e. The van der Waals surface area contributed by atoms with E-state index in [0.717, 1.165) is 49.6 Å². The zero-order valence-corrected chi connectivity index (χ0v) is 14.3. The Morgan fingerprint density at radius 2 is 1.85 bits per heavy atom. The van der Waals surface area contributed by atoms with E-state index in [-0.39, 0.29) is 0 Å². The van der Waals surface area contributed by atoms with Crippen LogP contribution < -0.4 is 4.74 Å². The van der Waals surface area contributed by atoms with Crippen LogP contribution in [0.15, 0.2) is 28.7 Å². The minimum absolute atomic E-state index is 0.291. The molecule has 1 aliphatic rings. The van der Waals surface area contributed by atoms with E-state index in [9.17, 15) is 0 Å². The number of piperazine rings is 1. The van der Waals surface area contributed by atoms with Crippen molar-refractivity contribution in [1.29, 1.82) is 0 Å². The Labute approximate surface area is 131 Å². The second-order valence-corrected chi connectivity index (χ2v) is 7.22. The number of benzene rings is 1. The van der Waals surface area contributed by atoms with Gasteiger partial charge in [-0.15, -0.1) is 0 Å². The lowest BCUT2D eigenvalue weighted by Gasteiger charge is -2.42. The topological polar surface area (TPSA) is 15.7 Å². The summed E-state index contributed by atoms with van der Waals surface area (Å²) in [4.78, 5) is 5.04. The molecule has 112 valence electrons. The van der Waals surface area contributed by atoms with Gasteiger partial charge < -0.3 is 4.74 Å². The lowest BCUT2D eigenvalue weighted by Crippen LogP contribution is -2.53. The van der Waals surface area contributed by atoms with E-state index >= 15 is 0 Å². The molecule has 1 aromatic carbocycles. The van der Waals surface area contributed by atoms with Crippen molar-refractivity contribution in [1.82, 2.24) is 9.80 Å². The molecule has 1 aromatic rings. The minimum Gasteiger partial charge on any atom is -0.492 e. The second kappa shape index (κ2) is 6.92. The Balaban J connectivity index is 1.69. The fraction of sp³-hybridized carbons (Fsp3) is 0.625. The standard InChI is InChI=1S/C16H25BrN2O/c1-16(2,3)19-9-7-18(8-10-19)11-12-20-15-6-4-5-14(17)13-15/h4-6,13H,7-12H2,1-3H3. The Kier molecular flexibility index (Phi) is 5.47. The molecule has 0 N–H and O–H groups in total. The maximum Gasteiger partial charge on any atom is 0.120 e. The monoisotopic (exact) mass is 340 g/mol. The third-order valence-corrected chi connectivity index (χ3v) is 4.29. The van der Waals surface area contributed by atoms with E-state index in [0.29, 0.717) is 5.54 Å². The van der Waals surface area contributed by atoms with Gasteiger partial charge in [-0.3, -0.25) is 9.80 Å². The molecule has 0 aromatic heterocycles. The summed E-state index contributed by atoms with van der Waals surface area (Å²) < 4.78 is 6.86. The highest BCUT2D eigenvalue weighted by atomic mass is 79.9. The van der Waals surface area contributed by atoms with E-state index < -0.39 is 0 Å². The van der Waals surface area contributed by atoms with Crippen molar-refractivity contribution in [2.24, 2.45) is 0 Å². The number of rotatable bonds is 4. The molecule has 1 saturated heterocycles. The first-order valence-electron chi connectivity index (χ1n) is 7.31.